The van der Waals surface area contributed by atoms with Crippen molar-refractivity contribution in [3.05, 3.63) is 36.0 Å². The number of fused-ring (bicyclic) bond motifs is 1. The van der Waals surface area contributed by atoms with Gasteiger partial charge in [-0.1, -0.05) is 18.2 Å². The summed E-state index contributed by atoms with van der Waals surface area (Å²) in [6.07, 6.45) is 5.22. The van der Waals surface area contributed by atoms with Gasteiger partial charge in [0.15, 0.2) is 0 Å². The van der Waals surface area contributed by atoms with Gasteiger partial charge >= 0.3 is 12.1 Å². The molecule has 0 bridgehead atoms. The molecule has 1 aromatic heterocycles. The lowest BCUT2D eigenvalue weighted by Gasteiger charge is -2.24. The van der Waals surface area contributed by atoms with Gasteiger partial charge in [-0.25, -0.2) is 4.79 Å². The Labute approximate surface area is 153 Å². The van der Waals surface area contributed by atoms with Crippen LogP contribution in [0.5, 0.6) is 0 Å². The fraction of sp³-hybridized carbons (Fsp3) is 0.500. The molecule has 2 heterocycles. The number of hydrogen-bond acceptors (Lipinski definition) is 5. The fourth-order valence-electron chi connectivity index (χ4n) is 3.85. The molecular formula is C20H26N2O4. The number of carbonyl (C=O) groups excluding carboxylic acids is 2. The van der Waals surface area contributed by atoms with Crippen LogP contribution in [-0.2, 0) is 14.3 Å². The number of hydrogen-bond donors (Lipinski definition) is 1. The normalized spacial score (nSPS) is 16.4. The average Bonchev–Trinajstić information content (AvgIpc) is 3.08. The van der Waals surface area contributed by atoms with E-state index in [-0.39, 0.29) is 11.9 Å². The van der Waals surface area contributed by atoms with Crippen LogP contribution < -0.4 is 5.32 Å². The smallest absolute Gasteiger partial charge is 0.418 e. The zero-order valence-electron chi connectivity index (χ0n) is 15.4. The van der Waals surface area contributed by atoms with E-state index in [4.69, 9.17) is 9.47 Å². The number of para-hydroxylation sites is 1. The van der Waals surface area contributed by atoms with E-state index in [0.29, 0.717) is 12.3 Å². The van der Waals surface area contributed by atoms with Crippen LogP contribution in [0.3, 0.4) is 0 Å². The Kier molecular flexibility index (Phi) is 5.93. The fourth-order valence-corrected chi connectivity index (χ4v) is 3.85. The standard InChI is InChI=1S/C20H26N2O4/c1-25-19(23)16(8-7-14-9-11-21-12-10-14)17-13-22(20(24)26-2)18-6-4-3-5-15(17)18/h3-6,13-14,16,21H,7-12H2,1-2H3. The number of benzene rings is 1. The van der Waals surface area contributed by atoms with Gasteiger partial charge in [0.05, 0.1) is 25.7 Å². The van der Waals surface area contributed by atoms with Crippen LogP contribution in [0, 0.1) is 5.92 Å². The van der Waals surface area contributed by atoms with Crippen molar-refractivity contribution in [2.24, 2.45) is 5.92 Å². The Hall–Kier alpha value is -2.34. The highest BCUT2D eigenvalue weighted by Crippen LogP contribution is 2.33. The van der Waals surface area contributed by atoms with Crippen molar-refractivity contribution >= 4 is 23.0 Å². The van der Waals surface area contributed by atoms with Gasteiger partial charge in [0.2, 0.25) is 0 Å². The Morgan fingerprint density at radius 2 is 1.92 bits per heavy atom. The van der Waals surface area contributed by atoms with Crippen LogP contribution in [0.1, 0.15) is 37.2 Å². The SMILES string of the molecule is COC(=O)C(CCC1CCNCC1)c1cn(C(=O)OC)c2ccccc12. The summed E-state index contributed by atoms with van der Waals surface area (Å²) in [6.45, 7) is 2.07. The first-order valence-electron chi connectivity index (χ1n) is 9.12. The first-order valence-corrected chi connectivity index (χ1v) is 9.12. The third kappa shape index (κ3) is 3.75. The van der Waals surface area contributed by atoms with E-state index in [1.54, 1.807) is 6.20 Å². The van der Waals surface area contributed by atoms with Crippen LogP contribution in [0.2, 0.25) is 0 Å². The Balaban J connectivity index is 1.93. The monoisotopic (exact) mass is 358 g/mol. The minimum Gasteiger partial charge on any atom is -0.469 e. The van der Waals surface area contributed by atoms with Crippen molar-refractivity contribution in [1.29, 1.82) is 0 Å². The number of ether oxygens (including phenoxy) is 2. The van der Waals surface area contributed by atoms with E-state index in [9.17, 15) is 9.59 Å². The lowest BCUT2D eigenvalue weighted by Crippen LogP contribution is -2.28. The zero-order valence-corrected chi connectivity index (χ0v) is 15.4. The number of piperidine rings is 1. The molecule has 2 aromatic rings. The van der Waals surface area contributed by atoms with Gasteiger partial charge < -0.3 is 14.8 Å². The molecule has 1 aromatic carbocycles. The maximum Gasteiger partial charge on any atom is 0.418 e. The second kappa shape index (κ2) is 8.36. The maximum absolute atomic E-state index is 12.5. The molecule has 0 spiro atoms. The van der Waals surface area contributed by atoms with Crippen molar-refractivity contribution in [3.8, 4) is 0 Å². The summed E-state index contributed by atoms with van der Waals surface area (Å²) in [4.78, 5) is 24.6. The maximum atomic E-state index is 12.5. The second-order valence-corrected chi connectivity index (χ2v) is 6.79. The first kappa shape index (κ1) is 18.5. The van der Waals surface area contributed by atoms with Crippen LogP contribution in [0.25, 0.3) is 10.9 Å². The average molecular weight is 358 g/mol. The Morgan fingerprint density at radius 1 is 1.19 bits per heavy atom. The molecule has 0 aliphatic carbocycles. The summed E-state index contributed by atoms with van der Waals surface area (Å²) in [5.74, 6) is -0.0187. The molecule has 0 radical (unpaired) electrons. The number of aromatic nitrogens is 1. The van der Waals surface area contributed by atoms with Crippen molar-refractivity contribution in [3.63, 3.8) is 0 Å². The quantitative estimate of drug-likeness (QED) is 0.831. The number of nitrogens with one attached hydrogen (secondary N) is 1. The van der Waals surface area contributed by atoms with Crippen molar-refractivity contribution in [2.45, 2.75) is 31.6 Å². The molecule has 1 fully saturated rings. The summed E-state index contributed by atoms with van der Waals surface area (Å²) in [5.41, 5.74) is 1.57. The van der Waals surface area contributed by atoms with Crippen LogP contribution in [-0.4, -0.2) is 43.9 Å². The van der Waals surface area contributed by atoms with Gasteiger partial charge in [0, 0.05) is 11.6 Å². The molecule has 3 rings (SSSR count). The van der Waals surface area contributed by atoms with Crippen LogP contribution in [0.15, 0.2) is 30.5 Å². The Morgan fingerprint density at radius 3 is 2.62 bits per heavy atom. The molecule has 26 heavy (non-hydrogen) atoms. The van der Waals surface area contributed by atoms with Crippen LogP contribution in [0.4, 0.5) is 4.79 Å². The summed E-state index contributed by atoms with van der Waals surface area (Å²) >= 11 is 0. The topological polar surface area (TPSA) is 69.6 Å². The highest BCUT2D eigenvalue weighted by Gasteiger charge is 2.28. The molecule has 0 amide bonds. The van der Waals surface area contributed by atoms with Gasteiger partial charge in [-0.2, -0.15) is 0 Å². The van der Waals surface area contributed by atoms with Gasteiger partial charge in [-0.15, -0.1) is 0 Å². The van der Waals surface area contributed by atoms with Crippen molar-refractivity contribution in [1.82, 2.24) is 9.88 Å². The minimum absolute atomic E-state index is 0.258. The lowest BCUT2D eigenvalue weighted by atomic mass is 9.86. The predicted octanol–water partition coefficient (Wildman–Crippen LogP) is 3.29. The number of rotatable bonds is 5. The van der Waals surface area contributed by atoms with E-state index in [0.717, 1.165) is 48.8 Å². The third-order valence-corrected chi connectivity index (χ3v) is 5.30. The summed E-state index contributed by atoms with van der Waals surface area (Å²) in [6, 6.07) is 7.57. The molecular weight excluding hydrogens is 332 g/mol. The molecule has 1 N–H and O–H groups in total. The summed E-state index contributed by atoms with van der Waals surface area (Å²) in [7, 11) is 2.77. The molecule has 6 heteroatoms. The largest absolute Gasteiger partial charge is 0.469 e. The highest BCUT2D eigenvalue weighted by atomic mass is 16.5. The third-order valence-electron chi connectivity index (χ3n) is 5.30. The van der Waals surface area contributed by atoms with Crippen molar-refractivity contribution < 1.29 is 19.1 Å². The minimum atomic E-state index is -0.463. The highest BCUT2D eigenvalue weighted by molar-refractivity contribution is 5.95. The zero-order chi connectivity index (χ0) is 18.5. The number of esters is 1. The van der Waals surface area contributed by atoms with E-state index in [1.165, 1.54) is 18.8 Å². The molecule has 1 saturated heterocycles. The van der Waals surface area contributed by atoms with Gasteiger partial charge in [0.1, 0.15) is 0 Å². The van der Waals surface area contributed by atoms with Crippen molar-refractivity contribution in [2.75, 3.05) is 27.3 Å². The molecule has 0 saturated carbocycles. The number of methoxy groups -OCH3 is 2. The predicted molar refractivity (Wildman–Crippen MR) is 99.3 cm³/mol. The van der Waals surface area contributed by atoms with E-state index in [2.05, 4.69) is 5.32 Å². The molecule has 1 unspecified atom stereocenters. The number of nitrogens with zero attached hydrogens (tertiary/aromatic N) is 1. The van der Waals surface area contributed by atoms with E-state index < -0.39 is 6.09 Å². The molecule has 1 atom stereocenters. The molecule has 140 valence electrons. The van der Waals surface area contributed by atoms with Gasteiger partial charge in [-0.05, 0) is 56.3 Å². The second-order valence-electron chi connectivity index (χ2n) is 6.79. The van der Waals surface area contributed by atoms with Gasteiger partial charge in [0.25, 0.3) is 0 Å². The van der Waals surface area contributed by atoms with Gasteiger partial charge in [-0.3, -0.25) is 9.36 Å². The molecule has 6 nitrogen and oxygen atoms in total. The number of carbonyl (C=O) groups is 2. The molecule has 1 aliphatic rings. The summed E-state index contributed by atoms with van der Waals surface area (Å²) in [5, 5.41) is 4.26. The van der Waals surface area contributed by atoms with E-state index >= 15 is 0 Å². The molecule has 1 aliphatic heterocycles. The summed E-state index contributed by atoms with van der Waals surface area (Å²) < 4.78 is 11.4. The lowest BCUT2D eigenvalue weighted by molar-refractivity contribution is -0.142. The van der Waals surface area contributed by atoms with E-state index in [1.807, 2.05) is 24.3 Å². The van der Waals surface area contributed by atoms with Crippen LogP contribution >= 0.6 is 0 Å². The first-order chi connectivity index (χ1) is 12.7. The Bertz CT molecular complexity index is 777.